The minimum atomic E-state index is -4.34. The van der Waals surface area contributed by atoms with E-state index in [1.54, 1.807) is 12.1 Å². The van der Waals surface area contributed by atoms with Crippen molar-refractivity contribution in [3.63, 3.8) is 0 Å². The molecule has 5 rings (SSSR count). The van der Waals surface area contributed by atoms with E-state index < -0.39 is 25.6 Å². The summed E-state index contributed by atoms with van der Waals surface area (Å²) < 4.78 is 69.7. The Bertz CT molecular complexity index is 1650. The summed E-state index contributed by atoms with van der Waals surface area (Å²) in [7, 11) is -8.44. The molecule has 0 aliphatic carbocycles. The summed E-state index contributed by atoms with van der Waals surface area (Å²) in [6.07, 6.45) is 2.48. The molecule has 1 fully saturated rings. The highest BCUT2D eigenvalue weighted by Crippen LogP contribution is 2.58. The van der Waals surface area contributed by atoms with Crippen LogP contribution >= 0.6 is 34.7 Å². The lowest BCUT2D eigenvalue weighted by atomic mass is 10.1. The Morgan fingerprint density at radius 2 is 1.86 bits per heavy atom. The summed E-state index contributed by atoms with van der Waals surface area (Å²) in [4.78, 5) is 0.879. The van der Waals surface area contributed by atoms with E-state index in [2.05, 4.69) is 12.1 Å². The molecule has 2 aliphatic heterocycles. The largest absolute Gasteiger partial charge is 0.320 e. The first kappa shape index (κ1) is 26.1. The van der Waals surface area contributed by atoms with Crippen molar-refractivity contribution in [2.45, 2.75) is 43.5 Å². The summed E-state index contributed by atoms with van der Waals surface area (Å²) in [5.74, 6) is -0.359. The Morgan fingerprint density at radius 3 is 2.50 bits per heavy atom. The van der Waals surface area contributed by atoms with E-state index in [0.717, 1.165) is 42.0 Å². The van der Waals surface area contributed by atoms with Crippen LogP contribution in [0.4, 0.5) is 5.69 Å². The van der Waals surface area contributed by atoms with Gasteiger partial charge in [-0.15, -0.1) is 0 Å². The van der Waals surface area contributed by atoms with Gasteiger partial charge in [-0.1, -0.05) is 22.9 Å². The molecule has 8 nitrogen and oxygen atoms in total. The molecule has 3 heterocycles. The molecule has 0 saturated carbocycles. The molecule has 3 aromatic rings. The maximum atomic E-state index is 12.4. The third kappa shape index (κ3) is 4.51. The van der Waals surface area contributed by atoms with E-state index in [9.17, 15) is 25.9 Å². The van der Waals surface area contributed by atoms with Gasteiger partial charge in [0.15, 0.2) is 17.3 Å². The van der Waals surface area contributed by atoms with Gasteiger partial charge in [-0.25, -0.2) is 4.48 Å². The summed E-state index contributed by atoms with van der Waals surface area (Å²) in [5.41, 5.74) is 3.91. The topological polar surface area (TPSA) is 113 Å². The first-order valence-corrected chi connectivity index (χ1v) is 16.3. The van der Waals surface area contributed by atoms with Gasteiger partial charge in [0, 0.05) is 23.6 Å². The van der Waals surface area contributed by atoms with Crippen LogP contribution < -0.4 is 9.05 Å². The van der Waals surface area contributed by atoms with Crippen LogP contribution in [-0.4, -0.2) is 43.6 Å². The van der Waals surface area contributed by atoms with Gasteiger partial charge < -0.3 is 0 Å². The van der Waals surface area contributed by atoms with Crippen molar-refractivity contribution in [1.29, 1.82) is 0 Å². The number of aryl methyl sites for hydroxylation is 3. The number of aromatic nitrogens is 1. The third-order valence-electron chi connectivity index (χ3n) is 6.90. The van der Waals surface area contributed by atoms with E-state index in [0.29, 0.717) is 24.5 Å². The van der Waals surface area contributed by atoms with Crippen LogP contribution in [0.25, 0.3) is 16.3 Å². The van der Waals surface area contributed by atoms with Gasteiger partial charge in [-0.2, -0.15) is 21.4 Å². The number of rotatable bonds is 6. The van der Waals surface area contributed by atoms with Crippen LogP contribution in [0.1, 0.15) is 29.0 Å². The highest BCUT2D eigenvalue weighted by molar-refractivity contribution is 8.03. The molecule has 2 N–H and O–H groups in total. The summed E-state index contributed by atoms with van der Waals surface area (Å²) in [6.45, 7) is 4.89. The monoisotopic (exact) mass is 588 g/mol. The lowest BCUT2D eigenvalue weighted by Crippen LogP contribution is -2.66. The lowest BCUT2D eigenvalue weighted by Gasteiger charge is -2.47. The molecule has 36 heavy (non-hydrogen) atoms. The number of nitrogens with zero attached hydrogens (tertiary/aromatic N) is 2. The number of benzene rings is 2. The zero-order valence-electron chi connectivity index (χ0n) is 19.5. The van der Waals surface area contributed by atoms with E-state index in [1.165, 1.54) is 23.1 Å². The molecule has 0 amide bonds. The third-order valence-corrected chi connectivity index (χ3v) is 11.5. The first-order valence-electron chi connectivity index (χ1n) is 11.2. The molecule has 2 aromatic carbocycles. The van der Waals surface area contributed by atoms with Crippen LogP contribution in [0, 0.1) is 13.8 Å². The highest BCUT2D eigenvalue weighted by Gasteiger charge is 2.62. The Morgan fingerprint density at radius 1 is 1.14 bits per heavy atom. The van der Waals surface area contributed by atoms with Crippen LogP contribution in [0.2, 0.25) is 5.02 Å². The predicted molar refractivity (Wildman–Crippen MR) is 144 cm³/mol. The number of thioether (sulfide) groups is 1. The maximum Gasteiger partial charge on any atom is 0.320 e. The fraction of sp³-hybridized carbons (Fsp3) is 0.348. The molecule has 0 bridgehead atoms. The zero-order chi connectivity index (χ0) is 26.0. The molecule has 2 aliphatic rings. The number of hydrogen-bond donors (Lipinski definition) is 2. The van der Waals surface area contributed by atoms with Gasteiger partial charge in [0.2, 0.25) is 10.9 Å². The fourth-order valence-electron chi connectivity index (χ4n) is 4.95. The second-order valence-electron chi connectivity index (χ2n) is 9.18. The minimum Gasteiger partial charge on any atom is -0.286 e. The van der Waals surface area contributed by atoms with Crippen molar-refractivity contribution in [2.24, 2.45) is 0 Å². The average Bonchev–Trinajstić information content (AvgIpc) is 3.21. The van der Waals surface area contributed by atoms with Crippen LogP contribution in [-0.2, 0) is 26.8 Å². The van der Waals surface area contributed by atoms with Crippen LogP contribution in [0.3, 0.4) is 0 Å². The Balaban J connectivity index is 1.68. The fourth-order valence-corrected chi connectivity index (χ4v) is 9.48. The standard InChI is InChI=1S/C23H23ClN2O6S4/c1-14-10-17-20(11-15(14)2)33-21(25(17)7-3-9-35(27,28)29)13-22-26(8-6-23(26)36(30,31)32)18-12-16(24)4-5-19(18)34-22/h4-5,10-13,23H,3,6-9H2,1-2H3/p+2. The van der Waals surface area contributed by atoms with E-state index in [4.69, 9.17) is 11.6 Å². The van der Waals surface area contributed by atoms with Crippen molar-refractivity contribution in [1.82, 2.24) is 4.48 Å². The second-order valence-corrected chi connectivity index (χ2v) is 14.9. The first-order chi connectivity index (χ1) is 16.8. The highest BCUT2D eigenvalue weighted by atomic mass is 35.5. The smallest absolute Gasteiger partial charge is 0.286 e. The van der Waals surface area contributed by atoms with Gasteiger partial charge in [0.25, 0.3) is 15.1 Å². The van der Waals surface area contributed by atoms with Crippen molar-refractivity contribution < 1.29 is 30.5 Å². The summed E-state index contributed by atoms with van der Waals surface area (Å²) >= 11 is 9.26. The summed E-state index contributed by atoms with van der Waals surface area (Å²) in [6, 6.07) is 9.53. The SMILES string of the molecule is Cc1cc2sc(C=C3Sc4ccc(Cl)cc4[N+]34CCC4S(=O)(=O)O)[n+](CCCS(=O)(=O)O)c2cc1C. The van der Waals surface area contributed by atoms with Gasteiger partial charge >= 0.3 is 10.1 Å². The van der Waals surface area contributed by atoms with E-state index in [-0.39, 0.29) is 16.7 Å². The van der Waals surface area contributed by atoms with Crippen molar-refractivity contribution in [2.75, 3.05) is 12.3 Å². The van der Waals surface area contributed by atoms with E-state index in [1.807, 2.05) is 30.6 Å². The predicted octanol–water partition coefficient (Wildman–Crippen LogP) is 4.77. The Labute approximate surface area is 223 Å². The lowest BCUT2D eigenvalue weighted by molar-refractivity contribution is -0.668. The number of halogens is 1. The van der Waals surface area contributed by atoms with Gasteiger partial charge in [0.1, 0.15) is 4.70 Å². The van der Waals surface area contributed by atoms with Gasteiger partial charge in [-0.3, -0.25) is 9.11 Å². The minimum absolute atomic E-state index is 0.0171. The summed E-state index contributed by atoms with van der Waals surface area (Å²) in [5, 5.41) is 1.04. The molecule has 1 aromatic heterocycles. The molecule has 2 unspecified atom stereocenters. The molecule has 192 valence electrons. The Hall–Kier alpha value is -1.51. The Kier molecular flexibility index (Phi) is 6.57. The quantitative estimate of drug-likeness (QED) is 0.242. The number of hydrogen-bond acceptors (Lipinski definition) is 6. The average molecular weight is 589 g/mol. The molecule has 0 radical (unpaired) electrons. The van der Waals surface area contributed by atoms with Crippen LogP contribution in [0.15, 0.2) is 40.3 Å². The molecule has 2 atom stereocenters. The van der Waals surface area contributed by atoms with Crippen molar-refractivity contribution in [3.8, 4) is 0 Å². The molecular weight excluding hydrogens is 564 g/mol. The van der Waals surface area contributed by atoms with Crippen molar-refractivity contribution in [3.05, 3.63) is 56.5 Å². The van der Waals surface area contributed by atoms with Crippen molar-refractivity contribution >= 4 is 76.9 Å². The molecular formula is C23H25ClN2O6S4+2. The number of thiazole rings is 1. The van der Waals surface area contributed by atoms with E-state index >= 15 is 0 Å². The number of fused-ring (bicyclic) bond motifs is 3. The van der Waals surface area contributed by atoms with Gasteiger partial charge in [-0.05, 0) is 54.9 Å². The molecule has 1 spiro atoms. The normalized spacial score (nSPS) is 22.9. The zero-order valence-corrected chi connectivity index (χ0v) is 23.5. The molecule has 1 saturated heterocycles. The molecule has 13 heteroatoms. The van der Waals surface area contributed by atoms with Crippen LogP contribution in [0.5, 0.6) is 0 Å². The number of quaternary nitrogens is 1. The second kappa shape index (κ2) is 9.05. The van der Waals surface area contributed by atoms with Gasteiger partial charge in [0.05, 0.1) is 29.7 Å². The maximum absolute atomic E-state index is 12.4.